The third kappa shape index (κ3) is 4.01. The lowest BCUT2D eigenvalue weighted by Crippen LogP contribution is -2.38. The lowest BCUT2D eigenvalue weighted by Gasteiger charge is -2.32. The second kappa shape index (κ2) is 8.29. The van der Waals surface area contributed by atoms with Crippen LogP contribution in [0, 0.1) is 19.8 Å². The monoisotopic (exact) mass is 418 g/mol. The summed E-state index contributed by atoms with van der Waals surface area (Å²) >= 11 is 0. The third-order valence-corrected chi connectivity index (χ3v) is 6.53. The van der Waals surface area contributed by atoms with Gasteiger partial charge in [-0.05, 0) is 62.8 Å². The average molecular weight is 419 g/mol. The second-order valence-electron chi connectivity index (χ2n) is 8.99. The Labute approximate surface area is 182 Å². The zero-order chi connectivity index (χ0) is 21.4. The van der Waals surface area contributed by atoms with Crippen molar-refractivity contribution >= 4 is 28.6 Å². The number of nitrogens with one attached hydrogen (secondary N) is 1. The van der Waals surface area contributed by atoms with Gasteiger partial charge in [0.15, 0.2) is 17.0 Å². The summed E-state index contributed by atoms with van der Waals surface area (Å²) in [6.07, 6.45) is 7.92. The van der Waals surface area contributed by atoms with Crippen molar-refractivity contribution < 1.29 is 4.79 Å². The Morgan fingerprint density at radius 3 is 2.55 bits per heavy atom. The predicted molar refractivity (Wildman–Crippen MR) is 122 cm³/mol. The quantitative estimate of drug-likeness (QED) is 0.695. The van der Waals surface area contributed by atoms with Crippen LogP contribution in [0.5, 0.6) is 0 Å². The smallest absolute Gasteiger partial charge is 0.227 e. The standard InChI is InChI=1S/C24H30N6O/c1-16-12-17(2)14-19(13-16)27-24(31)18-7-10-29(11-8-18)22-21-23(26-15-25-22)30-9-5-3-4-6-20(30)28-21/h12-15,18H,3-11H2,1-2H3,(H,27,31). The molecule has 162 valence electrons. The Morgan fingerprint density at radius 1 is 1.00 bits per heavy atom. The first-order chi connectivity index (χ1) is 15.1. The lowest BCUT2D eigenvalue weighted by molar-refractivity contribution is -0.120. The molecule has 0 atom stereocenters. The molecule has 2 aromatic heterocycles. The SMILES string of the molecule is Cc1cc(C)cc(NC(=O)C2CCN(c3ncnc4c3nc3n4CCCCC3)CC2)c1. The maximum atomic E-state index is 12.8. The highest BCUT2D eigenvalue weighted by molar-refractivity contribution is 5.93. The van der Waals surface area contributed by atoms with Crippen molar-refractivity contribution in [3.05, 3.63) is 41.5 Å². The number of rotatable bonds is 3. The number of benzene rings is 1. The third-order valence-electron chi connectivity index (χ3n) is 6.53. The van der Waals surface area contributed by atoms with Crippen molar-refractivity contribution in [1.29, 1.82) is 0 Å². The summed E-state index contributed by atoms with van der Waals surface area (Å²) in [6, 6.07) is 6.17. The minimum absolute atomic E-state index is 0.0214. The molecule has 1 amide bonds. The van der Waals surface area contributed by atoms with Crippen LogP contribution < -0.4 is 10.2 Å². The molecule has 0 radical (unpaired) electrons. The molecule has 1 aromatic carbocycles. The van der Waals surface area contributed by atoms with Crippen LogP contribution in [0.25, 0.3) is 11.2 Å². The first kappa shape index (κ1) is 20.0. The molecule has 7 heteroatoms. The van der Waals surface area contributed by atoms with Gasteiger partial charge in [-0.2, -0.15) is 0 Å². The summed E-state index contributed by atoms with van der Waals surface area (Å²) in [7, 11) is 0. The molecular formula is C24H30N6O. The van der Waals surface area contributed by atoms with E-state index < -0.39 is 0 Å². The van der Waals surface area contributed by atoms with Crippen LogP contribution in [0.15, 0.2) is 24.5 Å². The number of anilines is 2. The topological polar surface area (TPSA) is 75.9 Å². The molecular weight excluding hydrogens is 388 g/mol. The molecule has 2 aliphatic rings. The van der Waals surface area contributed by atoms with Crippen molar-refractivity contribution in [2.75, 3.05) is 23.3 Å². The van der Waals surface area contributed by atoms with Gasteiger partial charge in [-0.25, -0.2) is 15.0 Å². The first-order valence-corrected chi connectivity index (χ1v) is 11.4. The molecule has 0 spiro atoms. The van der Waals surface area contributed by atoms with Gasteiger partial charge in [0.2, 0.25) is 5.91 Å². The lowest BCUT2D eigenvalue weighted by atomic mass is 9.95. The van der Waals surface area contributed by atoms with Crippen LogP contribution in [0.3, 0.4) is 0 Å². The highest BCUT2D eigenvalue weighted by Gasteiger charge is 2.28. The fourth-order valence-electron chi connectivity index (χ4n) is 5.00. The largest absolute Gasteiger partial charge is 0.355 e. The van der Waals surface area contributed by atoms with E-state index in [2.05, 4.69) is 44.7 Å². The Kier molecular flexibility index (Phi) is 5.34. The molecule has 7 nitrogen and oxygen atoms in total. The number of aryl methyl sites for hydroxylation is 4. The van der Waals surface area contributed by atoms with Gasteiger partial charge in [-0.15, -0.1) is 0 Å². The van der Waals surface area contributed by atoms with Crippen LogP contribution in [-0.4, -0.2) is 38.5 Å². The van der Waals surface area contributed by atoms with Gasteiger partial charge in [0.05, 0.1) is 0 Å². The number of nitrogens with zero attached hydrogens (tertiary/aromatic N) is 5. The molecule has 0 saturated carbocycles. The first-order valence-electron chi connectivity index (χ1n) is 11.4. The van der Waals surface area contributed by atoms with E-state index in [1.54, 1.807) is 6.33 Å². The second-order valence-corrected chi connectivity index (χ2v) is 8.99. The molecule has 4 heterocycles. The zero-order valence-corrected chi connectivity index (χ0v) is 18.4. The maximum absolute atomic E-state index is 12.8. The van der Waals surface area contributed by atoms with Gasteiger partial charge in [-0.3, -0.25) is 4.79 Å². The number of amides is 1. The fourth-order valence-corrected chi connectivity index (χ4v) is 5.00. The Bertz CT molecular complexity index is 1090. The predicted octanol–water partition coefficient (Wildman–Crippen LogP) is 4.02. The molecule has 1 N–H and O–H groups in total. The van der Waals surface area contributed by atoms with E-state index >= 15 is 0 Å². The van der Waals surface area contributed by atoms with Crippen molar-refractivity contribution in [3.8, 4) is 0 Å². The number of hydrogen-bond acceptors (Lipinski definition) is 5. The molecule has 31 heavy (non-hydrogen) atoms. The fraction of sp³-hybridized carbons (Fsp3) is 0.500. The Balaban J connectivity index is 1.29. The van der Waals surface area contributed by atoms with Crippen LogP contribution in [-0.2, 0) is 17.8 Å². The minimum Gasteiger partial charge on any atom is -0.355 e. The Morgan fingerprint density at radius 2 is 1.77 bits per heavy atom. The van der Waals surface area contributed by atoms with E-state index in [-0.39, 0.29) is 11.8 Å². The van der Waals surface area contributed by atoms with Gasteiger partial charge in [0, 0.05) is 37.7 Å². The van der Waals surface area contributed by atoms with E-state index in [0.717, 1.165) is 78.5 Å². The Hall–Kier alpha value is -2.96. The van der Waals surface area contributed by atoms with Crippen LogP contribution in [0.2, 0.25) is 0 Å². The normalized spacial score (nSPS) is 17.4. The molecule has 0 aliphatic carbocycles. The molecule has 5 rings (SSSR count). The van der Waals surface area contributed by atoms with Crippen LogP contribution in [0.4, 0.5) is 11.5 Å². The van der Waals surface area contributed by atoms with Gasteiger partial charge in [0.1, 0.15) is 12.2 Å². The molecule has 0 unspecified atom stereocenters. The van der Waals surface area contributed by atoms with Gasteiger partial charge in [0.25, 0.3) is 0 Å². The summed E-state index contributed by atoms with van der Waals surface area (Å²) in [5, 5.41) is 3.12. The van der Waals surface area contributed by atoms with Crippen molar-refractivity contribution in [1.82, 2.24) is 19.5 Å². The summed E-state index contributed by atoms with van der Waals surface area (Å²) in [6.45, 7) is 6.71. The number of carbonyl (C=O) groups excluding carboxylic acids is 1. The van der Waals surface area contributed by atoms with E-state index in [0.29, 0.717) is 0 Å². The molecule has 0 bridgehead atoms. The molecule has 3 aromatic rings. The number of piperidine rings is 1. The molecule has 1 saturated heterocycles. The van der Waals surface area contributed by atoms with E-state index in [1.165, 1.54) is 19.3 Å². The van der Waals surface area contributed by atoms with Crippen LogP contribution >= 0.6 is 0 Å². The average Bonchev–Trinajstić information content (AvgIpc) is 2.94. The molecule has 1 fully saturated rings. The van der Waals surface area contributed by atoms with Gasteiger partial charge >= 0.3 is 0 Å². The van der Waals surface area contributed by atoms with Crippen molar-refractivity contribution in [2.24, 2.45) is 5.92 Å². The van der Waals surface area contributed by atoms with E-state index in [1.807, 2.05) is 12.1 Å². The summed E-state index contributed by atoms with van der Waals surface area (Å²) in [5.74, 6) is 2.19. The van der Waals surface area contributed by atoms with Crippen molar-refractivity contribution in [3.63, 3.8) is 0 Å². The van der Waals surface area contributed by atoms with E-state index in [4.69, 9.17) is 4.98 Å². The number of fused-ring (bicyclic) bond motifs is 3. The number of imidazole rings is 1. The zero-order valence-electron chi connectivity index (χ0n) is 18.4. The summed E-state index contributed by atoms with van der Waals surface area (Å²) in [5.41, 5.74) is 5.09. The number of aromatic nitrogens is 4. The van der Waals surface area contributed by atoms with Crippen LogP contribution in [0.1, 0.15) is 49.1 Å². The highest BCUT2D eigenvalue weighted by Crippen LogP contribution is 2.29. The summed E-state index contributed by atoms with van der Waals surface area (Å²) in [4.78, 5) is 29.2. The highest BCUT2D eigenvalue weighted by atomic mass is 16.1. The minimum atomic E-state index is 0.0214. The van der Waals surface area contributed by atoms with Crippen molar-refractivity contribution in [2.45, 2.75) is 58.9 Å². The van der Waals surface area contributed by atoms with Gasteiger partial charge < -0.3 is 14.8 Å². The maximum Gasteiger partial charge on any atom is 0.227 e. The van der Waals surface area contributed by atoms with Gasteiger partial charge in [-0.1, -0.05) is 12.5 Å². The summed E-state index contributed by atoms with van der Waals surface area (Å²) < 4.78 is 2.28. The van der Waals surface area contributed by atoms with E-state index in [9.17, 15) is 4.79 Å². The number of hydrogen-bond donors (Lipinski definition) is 1. The number of carbonyl (C=O) groups is 1. The molecule has 2 aliphatic heterocycles.